The lowest BCUT2D eigenvalue weighted by atomic mass is 10.1. The first kappa shape index (κ1) is 16.8. The number of rotatable bonds is 6. The van der Waals surface area contributed by atoms with Gasteiger partial charge in [-0.3, -0.25) is 4.79 Å². The molecule has 0 aliphatic heterocycles. The van der Waals surface area contributed by atoms with Crippen LogP contribution in [-0.4, -0.2) is 18.5 Å². The van der Waals surface area contributed by atoms with Gasteiger partial charge in [0, 0.05) is 18.7 Å². The van der Waals surface area contributed by atoms with Crippen molar-refractivity contribution in [2.24, 2.45) is 5.92 Å². The highest BCUT2D eigenvalue weighted by molar-refractivity contribution is 6.05. The Kier molecular flexibility index (Phi) is 5.18. The molecule has 2 aromatic carbocycles. The van der Waals surface area contributed by atoms with Crippen LogP contribution in [0.3, 0.4) is 0 Å². The predicted molar refractivity (Wildman–Crippen MR) is 98.2 cm³/mol. The first-order chi connectivity index (χ1) is 12.1. The minimum atomic E-state index is -0.223. The summed E-state index contributed by atoms with van der Waals surface area (Å²) in [5.41, 5.74) is 8.40. The van der Waals surface area contributed by atoms with Crippen molar-refractivity contribution in [1.82, 2.24) is 10.6 Å². The van der Waals surface area contributed by atoms with Gasteiger partial charge in [0.1, 0.15) is 0 Å². The molecule has 0 saturated heterocycles. The molecule has 25 heavy (non-hydrogen) atoms. The number of nitrogens with two attached hydrogens (primary N) is 1. The minimum absolute atomic E-state index is 0.159. The summed E-state index contributed by atoms with van der Waals surface area (Å²) < 4.78 is 0. The largest absolute Gasteiger partial charge is 0.397 e. The smallest absolute Gasteiger partial charge is 0.315 e. The molecule has 0 aromatic heterocycles. The Hall–Kier alpha value is -3.02. The maximum absolute atomic E-state index is 12.3. The molecule has 0 atom stereocenters. The van der Waals surface area contributed by atoms with E-state index < -0.39 is 0 Å². The van der Waals surface area contributed by atoms with Crippen LogP contribution in [0.25, 0.3) is 0 Å². The molecule has 1 saturated carbocycles. The number of amides is 3. The maximum Gasteiger partial charge on any atom is 0.315 e. The van der Waals surface area contributed by atoms with E-state index in [0.717, 1.165) is 12.1 Å². The zero-order chi connectivity index (χ0) is 17.6. The quantitative estimate of drug-likeness (QED) is 0.610. The van der Waals surface area contributed by atoms with Crippen LogP contribution in [0, 0.1) is 5.92 Å². The van der Waals surface area contributed by atoms with E-state index in [4.69, 9.17) is 5.73 Å². The van der Waals surface area contributed by atoms with Gasteiger partial charge in [0.25, 0.3) is 5.91 Å². The number of hydrogen-bond donors (Lipinski definition) is 4. The van der Waals surface area contributed by atoms with Crippen molar-refractivity contribution in [2.45, 2.75) is 19.4 Å². The molecule has 0 spiro atoms. The van der Waals surface area contributed by atoms with Gasteiger partial charge in [-0.15, -0.1) is 0 Å². The third-order valence-corrected chi connectivity index (χ3v) is 4.13. The van der Waals surface area contributed by atoms with Crippen LogP contribution in [0.1, 0.15) is 28.8 Å². The zero-order valence-electron chi connectivity index (χ0n) is 13.9. The molecule has 0 unspecified atom stereocenters. The van der Waals surface area contributed by atoms with Gasteiger partial charge in [0.2, 0.25) is 0 Å². The lowest BCUT2D eigenvalue weighted by Crippen LogP contribution is -2.36. The summed E-state index contributed by atoms with van der Waals surface area (Å²) in [6.07, 6.45) is 2.41. The molecule has 0 radical (unpaired) electrons. The van der Waals surface area contributed by atoms with Crippen LogP contribution in [0.5, 0.6) is 0 Å². The molecule has 3 rings (SSSR count). The molecule has 6 nitrogen and oxygen atoms in total. The Morgan fingerprint density at radius 1 is 1.00 bits per heavy atom. The van der Waals surface area contributed by atoms with E-state index >= 15 is 0 Å². The maximum atomic E-state index is 12.3. The summed E-state index contributed by atoms with van der Waals surface area (Å²) in [7, 11) is 0. The van der Waals surface area contributed by atoms with Crippen molar-refractivity contribution in [3.63, 3.8) is 0 Å². The van der Waals surface area contributed by atoms with Crippen LogP contribution in [0.4, 0.5) is 16.2 Å². The topological polar surface area (TPSA) is 96.2 Å². The molecule has 3 amide bonds. The van der Waals surface area contributed by atoms with Gasteiger partial charge in [0.15, 0.2) is 0 Å². The van der Waals surface area contributed by atoms with E-state index in [9.17, 15) is 9.59 Å². The zero-order valence-corrected chi connectivity index (χ0v) is 13.9. The summed E-state index contributed by atoms with van der Waals surface area (Å²) in [6.45, 7) is 1.16. The van der Waals surface area contributed by atoms with Gasteiger partial charge >= 0.3 is 6.03 Å². The van der Waals surface area contributed by atoms with Crippen molar-refractivity contribution >= 4 is 23.3 Å². The molecule has 1 fully saturated rings. The van der Waals surface area contributed by atoms with Gasteiger partial charge in [-0.2, -0.15) is 0 Å². The number of benzene rings is 2. The number of hydrogen-bond acceptors (Lipinski definition) is 3. The van der Waals surface area contributed by atoms with E-state index in [1.54, 1.807) is 24.3 Å². The summed E-state index contributed by atoms with van der Waals surface area (Å²) in [6, 6.07) is 14.1. The summed E-state index contributed by atoms with van der Waals surface area (Å²) in [5, 5.41) is 8.45. The number of para-hydroxylation sites is 2. The van der Waals surface area contributed by atoms with E-state index in [1.807, 2.05) is 24.3 Å². The Labute approximate surface area is 146 Å². The molecule has 1 aliphatic carbocycles. The van der Waals surface area contributed by atoms with E-state index in [2.05, 4.69) is 16.0 Å². The fourth-order valence-electron chi connectivity index (χ4n) is 2.38. The van der Waals surface area contributed by atoms with Gasteiger partial charge in [-0.1, -0.05) is 24.3 Å². The molecule has 6 heteroatoms. The van der Waals surface area contributed by atoms with E-state index in [1.165, 1.54) is 12.8 Å². The fraction of sp³-hybridized carbons (Fsp3) is 0.263. The van der Waals surface area contributed by atoms with Crippen LogP contribution < -0.4 is 21.7 Å². The van der Waals surface area contributed by atoms with Crippen molar-refractivity contribution < 1.29 is 9.59 Å². The SMILES string of the molecule is Nc1ccccc1NC(=O)c1ccc(CNC(=O)NCC2CC2)cc1. The third-order valence-electron chi connectivity index (χ3n) is 4.13. The molecule has 130 valence electrons. The van der Waals surface area contributed by atoms with Crippen LogP contribution >= 0.6 is 0 Å². The molecule has 0 heterocycles. The van der Waals surface area contributed by atoms with Crippen LogP contribution in [-0.2, 0) is 6.54 Å². The number of carbonyl (C=O) groups is 2. The first-order valence-electron chi connectivity index (χ1n) is 8.38. The lowest BCUT2D eigenvalue weighted by Gasteiger charge is -2.09. The molecule has 2 aromatic rings. The third kappa shape index (κ3) is 4.97. The normalized spacial score (nSPS) is 13.1. The summed E-state index contributed by atoms with van der Waals surface area (Å²) in [5.74, 6) is 0.432. The lowest BCUT2D eigenvalue weighted by molar-refractivity contribution is 0.102. The second-order valence-corrected chi connectivity index (χ2v) is 6.25. The van der Waals surface area contributed by atoms with Crippen molar-refractivity contribution in [1.29, 1.82) is 0 Å². The monoisotopic (exact) mass is 338 g/mol. The predicted octanol–water partition coefficient (Wildman–Crippen LogP) is 2.73. The number of urea groups is 1. The average molecular weight is 338 g/mol. The minimum Gasteiger partial charge on any atom is -0.397 e. The second-order valence-electron chi connectivity index (χ2n) is 6.25. The van der Waals surface area contributed by atoms with Gasteiger partial charge < -0.3 is 21.7 Å². The second kappa shape index (κ2) is 7.70. The number of carbonyl (C=O) groups excluding carboxylic acids is 2. The van der Waals surface area contributed by atoms with Gasteiger partial charge in [-0.25, -0.2) is 4.79 Å². The van der Waals surface area contributed by atoms with E-state index in [-0.39, 0.29) is 11.9 Å². The molecular weight excluding hydrogens is 316 g/mol. The Morgan fingerprint density at radius 3 is 2.40 bits per heavy atom. The number of nitrogen functional groups attached to an aromatic ring is 1. The molecule has 5 N–H and O–H groups in total. The highest BCUT2D eigenvalue weighted by Crippen LogP contribution is 2.27. The molecule has 0 bridgehead atoms. The highest BCUT2D eigenvalue weighted by Gasteiger charge is 2.21. The first-order valence-corrected chi connectivity index (χ1v) is 8.38. The Bertz CT molecular complexity index is 754. The van der Waals surface area contributed by atoms with Crippen molar-refractivity contribution in [3.8, 4) is 0 Å². The summed E-state index contributed by atoms with van der Waals surface area (Å²) >= 11 is 0. The Balaban J connectivity index is 1.50. The average Bonchev–Trinajstić information content (AvgIpc) is 3.45. The number of anilines is 2. The molecule has 1 aliphatic rings. The Morgan fingerprint density at radius 2 is 1.72 bits per heavy atom. The van der Waals surface area contributed by atoms with Gasteiger partial charge in [0.05, 0.1) is 11.4 Å². The van der Waals surface area contributed by atoms with E-state index in [0.29, 0.717) is 29.4 Å². The summed E-state index contributed by atoms with van der Waals surface area (Å²) in [4.78, 5) is 23.9. The van der Waals surface area contributed by atoms with Crippen molar-refractivity contribution in [3.05, 3.63) is 59.7 Å². The standard InChI is InChI=1S/C19H22N4O2/c20-16-3-1-2-4-17(16)23-18(24)15-9-7-14(8-10-15)12-22-19(25)21-11-13-5-6-13/h1-4,7-10,13H,5-6,11-12,20H2,(H,23,24)(H2,21,22,25). The highest BCUT2D eigenvalue weighted by atomic mass is 16.2. The molecular formula is C19H22N4O2. The van der Waals surface area contributed by atoms with Gasteiger partial charge in [-0.05, 0) is 48.6 Å². The van der Waals surface area contributed by atoms with Crippen molar-refractivity contribution in [2.75, 3.05) is 17.6 Å². The van der Waals surface area contributed by atoms with Crippen LogP contribution in [0.15, 0.2) is 48.5 Å². The fourth-order valence-corrected chi connectivity index (χ4v) is 2.38. The number of nitrogens with one attached hydrogen (secondary N) is 3. The van der Waals surface area contributed by atoms with Crippen LogP contribution in [0.2, 0.25) is 0 Å².